The Morgan fingerprint density at radius 2 is 1.88 bits per heavy atom. The molecule has 24 heavy (non-hydrogen) atoms. The predicted octanol–water partition coefficient (Wildman–Crippen LogP) is 2.31. The van der Waals surface area contributed by atoms with Gasteiger partial charge in [0.05, 0.1) is 0 Å². The standard InChI is InChI=1S/C19H27N5/c1-16(24(3)18-10-5-4-6-11-18)15-23-19(20-2)22-14-12-17-9-7-8-13-21-17/h4-11,13,16H,12,14-15H2,1-3H3,(H2,20,22,23). The number of hydrogen-bond donors (Lipinski definition) is 2. The summed E-state index contributed by atoms with van der Waals surface area (Å²) in [6.07, 6.45) is 2.70. The minimum atomic E-state index is 0.349. The summed E-state index contributed by atoms with van der Waals surface area (Å²) < 4.78 is 0. The summed E-state index contributed by atoms with van der Waals surface area (Å²) in [5.41, 5.74) is 2.29. The molecule has 1 aromatic heterocycles. The van der Waals surface area contributed by atoms with Gasteiger partial charge in [0.1, 0.15) is 0 Å². The summed E-state index contributed by atoms with van der Waals surface area (Å²) in [7, 11) is 3.90. The van der Waals surface area contributed by atoms with Gasteiger partial charge < -0.3 is 15.5 Å². The molecule has 0 saturated heterocycles. The van der Waals surface area contributed by atoms with Gasteiger partial charge in [-0.1, -0.05) is 24.3 Å². The number of aliphatic imine (C=N–C) groups is 1. The van der Waals surface area contributed by atoms with Crippen molar-refractivity contribution in [3.63, 3.8) is 0 Å². The Hall–Kier alpha value is -2.56. The molecule has 0 aliphatic rings. The van der Waals surface area contributed by atoms with Crippen molar-refractivity contribution in [2.75, 3.05) is 32.1 Å². The highest BCUT2D eigenvalue weighted by molar-refractivity contribution is 5.79. The van der Waals surface area contributed by atoms with Crippen molar-refractivity contribution in [3.05, 3.63) is 60.4 Å². The zero-order valence-corrected chi connectivity index (χ0v) is 14.7. The van der Waals surface area contributed by atoms with Crippen LogP contribution in [0, 0.1) is 0 Å². The van der Waals surface area contributed by atoms with Crippen LogP contribution in [0.5, 0.6) is 0 Å². The van der Waals surface area contributed by atoms with E-state index in [1.54, 1.807) is 7.05 Å². The number of para-hydroxylation sites is 1. The van der Waals surface area contributed by atoms with Crippen LogP contribution >= 0.6 is 0 Å². The molecule has 2 N–H and O–H groups in total. The molecule has 1 unspecified atom stereocenters. The lowest BCUT2D eigenvalue weighted by atomic mass is 10.2. The molecule has 128 valence electrons. The van der Waals surface area contributed by atoms with Crippen molar-refractivity contribution in [2.45, 2.75) is 19.4 Å². The van der Waals surface area contributed by atoms with Crippen LogP contribution in [-0.4, -0.2) is 44.2 Å². The average Bonchev–Trinajstić information content (AvgIpc) is 2.65. The maximum atomic E-state index is 4.33. The van der Waals surface area contributed by atoms with Gasteiger partial charge in [-0.3, -0.25) is 9.98 Å². The average molecular weight is 325 g/mol. The molecule has 0 spiro atoms. The number of anilines is 1. The molecule has 1 atom stereocenters. The summed E-state index contributed by atoms with van der Waals surface area (Å²) in [5, 5.41) is 6.72. The number of pyridine rings is 1. The smallest absolute Gasteiger partial charge is 0.191 e. The van der Waals surface area contributed by atoms with Crippen molar-refractivity contribution < 1.29 is 0 Å². The second-order valence-electron chi connectivity index (χ2n) is 5.75. The number of benzene rings is 1. The van der Waals surface area contributed by atoms with Crippen molar-refractivity contribution in [1.82, 2.24) is 15.6 Å². The zero-order chi connectivity index (χ0) is 17.2. The van der Waals surface area contributed by atoms with Crippen molar-refractivity contribution in [2.24, 2.45) is 4.99 Å². The molecule has 2 aromatic rings. The van der Waals surface area contributed by atoms with Crippen molar-refractivity contribution in [3.8, 4) is 0 Å². The number of nitrogens with one attached hydrogen (secondary N) is 2. The van der Waals surface area contributed by atoms with Crippen LogP contribution in [-0.2, 0) is 6.42 Å². The van der Waals surface area contributed by atoms with E-state index < -0.39 is 0 Å². The lowest BCUT2D eigenvalue weighted by molar-refractivity contribution is 0.648. The number of hydrogen-bond acceptors (Lipinski definition) is 3. The molecule has 2 rings (SSSR count). The molecule has 0 fully saturated rings. The Morgan fingerprint density at radius 3 is 2.54 bits per heavy atom. The molecule has 5 heteroatoms. The van der Waals surface area contributed by atoms with E-state index in [1.165, 1.54) is 5.69 Å². The van der Waals surface area contributed by atoms with Crippen LogP contribution in [0.15, 0.2) is 59.7 Å². The molecule has 1 aromatic carbocycles. The summed E-state index contributed by atoms with van der Waals surface area (Å²) >= 11 is 0. The van der Waals surface area contributed by atoms with Gasteiger partial charge in [-0.2, -0.15) is 0 Å². The van der Waals surface area contributed by atoms with E-state index in [9.17, 15) is 0 Å². The minimum Gasteiger partial charge on any atom is -0.370 e. The third-order valence-electron chi connectivity index (χ3n) is 4.01. The Bertz CT molecular complexity index is 612. The number of aromatic nitrogens is 1. The molecule has 0 aliphatic carbocycles. The second kappa shape index (κ2) is 9.55. The van der Waals surface area contributed by atoms with E-state index in [2.05, 4.69) is 63.7 Å². The van der Waals surface area contributed by atoms with E-state index in [4.69, 9.17) is 0 Å². The first kappa shape index (κ1) is 17.8. The normalized spacial score (nSPS) is 12.5. The number of likely N-dealkylation sites (N-methyl/N-ethyl adjacent to an activating group) is 1. The molecule has 0 bridgehead atoms. The highest BCUT2D eigenvalue weighted by Gasteiger charge is 2.10. The fourth-order valence-electron chi connectivity index (χ4n) is 2.37. The Balaban J connectivity index is 1.74. The predicted molar refractivity (Wildman–Crippen MR) is 102 cm³/mol. The van der Waals surface area contributed by atoms with Gasteiger partial charge in [-0.05, 0) is 31.2 Å². The third kappa shape index (κ3) is 5.57. The van der Waals surface area contributed by atoms with Crippen LogP contribution in [0.2, 0.25) is 0 Å². The van der Waals surface area contributed by atoms with E-state index in [0.717, 1.165) is 31.2 Å². The van der Waals surface area contributed by atoms with Gasteiger partial charge in [0.15, 0.2) is 5.96 Å². The first-order valence-electron chi connectivity index (χ1n) is 8.33. The van der Waals surface area contributed by atoms with Gasteiger partial charge in [0, 0.05) is 57.2 Å². The number of nitrogens with zero attached hydrogens (tertiary/aromatic N) is 3. The summed E-state index contributed by atoms with van der Waals surface area (Å²) in [5.74, 6) is 0.819. The lowest BCUT2D eigenvalue weighted by Gasteiger charge is -2.27. The quantitative estimate of drug-likeness (QED) is 0.606. The summed E-state index contributed by atoms with van der Waals surface area (Å²) in [4.78, 5) is 10.9. The van der Waals surface area contributed by atoms with E-state index in [-0.39, 0.29) is 0 Å². The Labute approximate surface area is 144 Å². The Kier molecular flexibility index (Phi) is 7.08. The monoisotopic (exact) mass is 325 g/mol. The van der Waals surface area contributed by atoms with Crippen LogP contribution < -0.4 is 15.5 Å². The molecular formula is C19H27N5. The van der Waals surface area contributed by atoms with Crippen molar-refractivity contribution in [1.29, 1.82) is 0 Å². The molecule has 0 radical (unpaired) electrons. The van der Waals surface area contributed by atoms with Crippen LogP contribution in [0.4, 0.5) is 5.69 Å². The second-order valence-corrected chi connectivity index (χ2v) is 5.75. The largest absolute Gasteiger partial charge is 0.370 e. The lowest BCUT2D eigenvalue weighted by Crippen LogP contribution is -2.45. The highest BCUT2D eigenvalue weighted by atomic mass is 15.2. The SMILES string of the molecule is CN=C(NCCc1ccccn1)NCC(C)N(C)c1ccccc1. The van der Waals surface area contributed by atoms with Gasteiger partial charge in [-0.25, -0.2) is 0 Å². The van der Waals surface area contributed by atoms with Crippen molar-refractivity contribution >= 4 is 11.6 Å². The van der Waals surface area contributed by atoms with Gasteiger partial charge in [-0.15, -0.1) is 0 Å². The van der Waals surface area contributed by atoms with Crippen LogP contribution in [0.1, 0.15) is 12.6 Å². The number of guanidine groups is 1. The zero-order valence-electron chi connectivity index (χ0n) is 14.7. The third-order valence-corrected chi connectivity index (χ3v) is 4.01. The topological polar surface area (TPSA) is 52.6 Å². The van der Waals surface area contributed by atoms with E-state index in [0.29, 0.717) is 6.04 Å². The first-order valence-corrected chi connectivity index (χ1v) is 8.33. The molecule has 0 aliphatic heterocycles. The fourth-order valence-corrected chi connectivity index (χ4v) is 2.37. The minimum absolute atomic E-state index is 0.349. The fraction of sp³-hybridized carbons (Fsp3) is 0.368. The van der Waals surface area contributed by atoms with Gasteiger partial charge >= 0.3 is 0 Å². The Morgan fingerprint density at radius 1 is 1.12 bits per heavy atom. The van der Waals surface area contributed by atoms with Crippen LogP contribution in [0.25, 0.3) is 0 Å². The molecular weight excluding hydrogens is 298 g/mol. The van der Waals surface area contributed by atoms with E-state index in [1.807, 2.05) is 30.5 Å². The van der Waals surface area contributed by atoms with E-state index >= 15 is 0 Å². The molecule has 0 amide bonds. The van der Waals surface area contributed by atoms with Crippen LogP contribution in [0.3, 0.4) is 0 Å². The number of rotatable bonds is 7. The highest BCUT2D eigenvalue weighted by Crippen LogP contribution is 2.13. The van der Waals surface area contributed by atoms with Gasteiger partial charge in [0.25, 0.3) is 0 Å². The van der Waals surface area contributed by atoms with Gasteiger partial charge in [0.2, 0.25) is 0 Å². The maximum Gasteiger partial charge on any atom is 0.191 e. The summed E-state index contributed by atoms with van der Waals surface area (Å²) in [6.45, 7) is 3.81. The molecule has 1 heterocycles. The maximum absolute atomic E-state index is 4.33. The molecule has 5 nitrogen and oxygen atoms in total. The first-order chi connectivity index (χ1) is 11.7. The molecule has 0 saturated carbocycles. The summed E-state index contributed by atoms with van der Waals surface area (Å²) in [6, 6.07) is 16.7.